The molecule has 0 amide bonds. The van der Waals surface area contributed by atoms with Crippen molar-refractivity contribution in [2.24, 2.45) is 0 Å². The van der Waals surface area contributed by atoms with E-state index in [0.29, 0.717) is 0 Å². The maximum Gasteiger partial charge on any atom is 0.00852 e. The molecule has 0 aliphatic carbocycles. The molecule has 1 fully saturated rings. The zero-order valence-electron chi connectivity index (χ0n) is 8.31. The van der Waals surface area contributed by atoms with Crippen molar-refractivity contribution < 1.29 is 0 Å². The number of nitrogens with one attached hydrogen (secondary N) is 1. The van der Waals surface area contributed by atoms with E-state index in [4.69, 9.17) is 0 Å². The van der Waals surface area contributed by atoms with Crippen molar-refractivity contribution in [1.82, 2.24) is 5.32 Å². The largest absolute Gasteiger partial charge is 0.311 e. The Balaban J connectivity index is 2.11. The highest BCUT2D eigenvalue weighted by Gasteiger charge is 2.14. The van der Waals surface area contributed by atoms with Crippen LogP contribution in [0.5, 0.6) is 0 Å². The number of thioether (sulfide) groups is 1. The van der Waals surface area contributed by atoms with Crippen LogP contribution in [0.1, 0.15) is 39.5 Å². The zero-order chi connectivity index (χ0) is 8.81. The number of rotatable bonds is 4. The van der Waals surface area contributed by atoms with Crippen LogP contribution in [-0.2, 0) is 0 Å². The van der Waals surface area contributed by atoms with Crippen molar-refractivity contribution in [3.05, 3.63) is 0 Å². The van der Waals surface area contributed by atoms with Gasteiger partial charge in [-0.3, -0.25) is 0 Å². The fourth-order valence-corrected chi connectivity index (χ4v) is 2.89. The second-order valence-electron chi connectivity index (χ2n) is 3.74. The van der Waals surface area contributed by atoms with Gasteiger partial charge in [0.2, 0.25) is 0 Å². The van der Waals surface area contributed by atoms with Gasteiger partial charge in [-0.05, 0) is 37.7 Å². The van der Waals surface area contributed by atoms with E-state index < -0.39 is 0 Å². The van der Waals surface area contributed by atoms with Gasteiger partial charge in [0, 0.05) is 12.1 Å². The molecule has 0 radical (unpaired) electrons. The summed E-state index contributed by atoms with van der Waals surface area (Å²) in [6.07, 6.45) is 5.37. The Kier molecular flexibility index (Phi) is 5.08. The van der Waals surface area contributed by atoms with Crippen LogP contribution < -0.4 is 5.32 Å². The minimum Gasteiger partial charge on any atom is -0.311 e. The molecule has 1 saturated heterocycles. The van der Waals surface area contributed by atoms with Crippen LogP contribution in [0.25, 0.3) is 0 Å². The van der Waals surface area contributed by atoms with Crippen molar-refractivity contribution in [2.45, 2.75) is 51.6 Å². The predicted octanol–water partition coefficient (Wildman–Crippen LogP) is 2.66. The van der Waals surface area contributed by atoms with Gasteiger partial charge in [0.15, 0.2) is 0 Å². The number of hydrogen-bond acceptors (Lipinski definition) is 2. The lowest BCUT2D eigenvalue weighted by Crippen LogP contribution is -2.38. The average Bonchev–Trinajstić information content (AvgIpc) is 2.06. The molecular formula is C10H21NS. The van der Waals surface area contributed by atoms with E-state index in [1.807, 2.05) is 0 Å². The van der Waals surface area contributed by atoms with Crippen LogP contribution in [0, 0.1) is 0 Å². The van der Waals surface area contributed by atoms with Crippen molar-refractivity contribution in [3.8, 4) is 0 Å². The fourth-order valence-electron chi connectivity index (χ4n) is 1.78. The molecule has 0 saturated carbocycles. The third kappa shape index (κ3) is 3.81. The van der Waals surface area contributed by atoms with Crippen molar-refractivity contribution in [2.75, 3.05) is 11.5 Å². The number of hydrogen-bond donors (Lipinski definition) is 1. The summed E-state index contributed by atoms with van der Waals surface area (Å²) in [7, 11) is 0. The highest BCUT2D eigenvalue weighted by molar-refractivity contribution is 7.99. The van der Waals surface area contributed by atoms with Crippen LogP contribution in [0.2, 0.25) is 0 Å². The lowest BCUT2D eigenvalue weighted by Gasteiger charge is -2.26. The summed E-state index contributed by atoms with van der Waals surface area (Å²) in [6, 6.07) is 1.54. The summed E-state index contributed by atoms with van der Waals surface area (Å²) in [5.74, 6) is 2.72. The Morgan fingerprint density at radius 3 is 2.67 bits per heavy atom. The molecule has 0 bridgehead atoms. The van der Waals surface area contributed by atoms with Crippen LogP contribution in [-0.4, -0.2) is 23.6 Å². The van der Waals surface area contributed by atoms with E-state index in [9.17, 15) is 0 Å². The zero-order valence-corrected chi connectivity index (χ0v) is 9.12. The molecule has 12 heavy (non-hydrogen) atoms. The molecule has 1 heterocycles. The molecule has 1 aliphatic rings. The second kappa shape index (κ2) is 5.87. The summed E-state index contributed by atoms with van der Waals surface area (Å²) >= 11 is 2.10. The first-order valence-electron chi connectivity index (χ1n) is 5.16. The van der Waals surface area contributed by atoms with Gasteiger partial charge < -0.3 is 5.32 Å². The molecule has 1 atom stereocenters. The van der Waals surface area contributed by atoms with Gasteiger partial charge >= 0.3 is 0 Å². The molecule has 72 valence electrons. The topological polar surface area (TPSA) is 12.0 Å². The third-order valence-corrected chi connectivity index (χ3v) is 3.51. The molecule has 0 aromatic rings. The quantitative estimate of drug-likeness (QED) is 0.726. The monoisotopic (exact) mass is 187 g/mol. The Bertz CT molecular complexity index is 110. The summed E-state index contributed by atoms with van der Waals surface area (Å²) < 4.78 is 0. The van der Waals surface area contributed by atoms with E-state index in [0.717, 1.165) is 12.1 Å². The highest BCUT2D eigenvalue weighted by atomic mass is 32.2. The van der Waals surface area contributed by atoms with Gasteiger partial charge in [0.1, 0.15) is 0 Å². The van der Waals surface area contributed by atoms with E-state index >= 15 is 0 Å². The first kappa shape index (κ1) is 10.4. The lowest BCUT2D eigenvalue weighted by molar-refractivity contribution is 0.405. The Labute approximate surface area is 80.7 Å². The standard InChI is InChI=1S/C10H21NS/c1-3-4-9(2)11-10-5-7-12-8-6-10/h9-11H,3-8H2,1-2H3. The van der Waals surface area contributed by atoms with E-state index in [-0.39, 0.29) is 0 Å². The van der Waals surface area contributed by atoms with Crippen LogP contribution >= 0.6 is 11.8 Å². The molecule has 1 unspecified atom stereocenters. The van der Waals surface area contributed by atoms with Gasteiger partial charge in [-0.1, -0.05) is 13.3 Å². The molecule has 1 N–H and O–H groups in total. The smallest absolute Gasteiger partial charge is 0.00852 e. The SMILES string of the molecule is CCCC(C)NC1CCSCC1. The minimum absolute atomic E-state index is 0.725. The normalized spacial score (nSPS) is 22.5. The van der Waals surface area contributed by atoms with Crippen LogP contribution in [0.15, 0.2) is 0 Å². The van der Waals surface area contributed by atoms with Gasteiger partial charge in [-0.25, -0.2) is 0 Å². The summed E-state index contributed by atoms with van der Waals surface area (Å²) in [6.45, 7) is 4.57. The van der Waals surface area contributed by atoms with Crippen LogP contribution in [0.4, 0.5) is 0 Å². The molecular weight excluding hydrogens is 166 g/mol. The van der Waals surface area contributed by atoms with Crippen molar-refractivity contribution in [1.29, 1.82) is 0 Å². The van der Waals surface area contributed by atoms with E-state index in [1.165, 1.54) is 37.2 Å². The molecule has 1 nitrogen and oxygen atoms in total. The Morgan fingerprint density at radius 2 is 2.08 bits per heavy atom. The van der Waals surface area contributed by atoms with Gasteiger partial charge in [-0.2, -0.15) is 11.8 Å². The summed E-state index contributed by atoms with van der Waals surface area (Å²) in [5, 5.41) is 3.71. The Morgan fingerprint density at radius 1 is 1.42 bits per heavy atom. The summed E-state index contributed by atoms with van der Waals surface area (Å²) in [5.41, 5.74) is 0. The van der Waals surface area contributed by atoms with E-state index in [2.05, 4.69) is 30.9 Å². The molecule has 1 rings (SSSR count). The van der Waals surface area contributed by atoms with Gasteiger partial charge in [0.25, 0.3) is 0 Å². The first-order chi connectivity index (χ1) is 5.83. The lowest BCUT2D eigenvalue weighted by atomic mass is 10.1. The first-order valence-corrected chi connectivity index (χ1v) is 6.32. The maximum absolute atomic E-state index is 3.71. The predicted molar refractivity (Wildman–Crippen MR) is 57.9 cm³/mol. The van der Waals surface area contributed by atoms with E-state index in [1.54, 1.807) is 0 Å². The Hall–Kier alpha value is 0.310. The molecule has 0 spiro atoms. The molecule has 0 aromatic heterocycles. The van der Waals surface area contributed by atoms with Crippen molar-refractivity contribution >= 4 is 11.8 Å². The molecule has 0 aromatic carbocycles. The average molecular weight is 187 g/mol. The van der Waals surface area contributed by atoms with Crippen molar-refractivity contribution in [3.63, 3.8) is 0 Å². The van der Waals surface area contributed by atoms with Crippen LogP contribution in [0.3, 0.4) is 0 Å². The third-order valence-electron chi connectivity index (χ3n) is 2.46. The fraction of sp³-hybridized carbons (Fsp3) is 1.00. The molecule has 2 heteroatoms. The van der Waals surface area contributed by atoms with Gasteiger partial charge in [-0.15, -0.1) is 0 Å². The van der Waals surface area contributed by atoms with Gasteiger partial charge in [0.05, 0.1) is 0 Å². The maximum atomic E-state index is 3.71. The summed E-state index contributed by atoms with van der Waals surface area (Å²) in [4.78, 5) is 0. The minimum atomic E-state index is 0.725. The highest BCUT2D eigenvalue weighted by Crippen LogP contribution is 2.17. The second-order valence-corrected chi connectivity index (χ2v) is 4.97. The molecule has 1 aliphatic heterocycles.